The van der Waals surface area contributed by atoms with Crippen LogP contribution in [0.15, 0.2) is 41.3 Å². The second-order valence-corrected chi connectivity index (χ2v) is 8.09. The number of anilines is 1. The summed E-state index contributed by atoms with van der Waals surface area (Å²) in [6.07, 6.45) is 1.29. The number of hydrogen-bond donors (Lipinski definition) is 1. The van der Waals surface area contributed by atoms with Gasteiger partial charge in [0.25, 0.3) is 16.8 Å². The quantitative estimate of drug-likeness (QED) is 0.257. The Morgan fingerprint density at radius 3 is 2.59 bits per heavy atom. The van der Waals surface area contributed by atoms with Gasteiger partial charge in [-0.3, -0.25) is 29.4 Å². The van der Waals surface area contributed by atoms with E-state index in [4.69, 9.17) is 16.3 Å². The van der Waals surface area contributed by atoms with Crippen LogP contribution in [0.4, 0.5) is 16.2 Å². The Kier molecular flexibility index (Phi) is 7.54. The molecule has 1 aliphatic rings. The van der Waals surface area contributed by atoms with Crippen LogP contribution in [-0.4, -0.2) is 53.6 Å². The van der Waals surface area contributed by atoms with Gasteiger partial charge in [-0.15, -0.1) is 0 Å². The Morgan fingerprint density at radius 2 is 1.94 bits per heavy atom. The molecule has 34 heavy (non-hydrogen) atoms. The summed E-state index contributed by atoms with van der Waals surface area (Å²) in [6, 6.07) is 7.95. The average Bonchev–Trinajstić information content (AvgIpc) is 3.06. The van der Waals surface area contributed by atoms with E-state index in [1.54, 1.807) is 0 Å². The van der Waals surface area contributed by atoms with Gasteiger partial charge in [-0.25, -0.2) is 4.79 Å². The molecule has 0 bridgehead atoms. The van der Waals surface area contributed by atoms with Crippen molar-refractivity contribution in [2.75, 3.05) is 26.1 Å². The molecule has 13 heteroatoms. The molecule has 2 aromatic carbocycles. The van der Waals surface area contributed by atoms with Crippen LogP contribution in [0.3, 0.4) is 0 Å². The van der Waals surface area contributed by atoms with Gasteiger partial charge in [0, 0.05) is 23.4 Å². The molecule has 1 saturated heterocycles. The largest absolute Gasteiger partial charge is 0.496 e. The second kappa shape index (κ2) is 10.4. The lowest BCUT2D eigenvalue weighted by atomic mass is 10.1. The Labute approximate surface area is 201 Å². The third-order valence-corrected chi connectivity index (χ3v) is 5.78. The number of carbonyl (C=O) groups excluding carboxylic acids is 4. The van der Waals surface area contributed by atoms with E-state index in [2.05, 4.69) is 10.1 Å². The lowest BCUT2D eigenvalue weighted by Crippen LogP contribution is -2.36. The number of amides is 3. The smallest absolute Gasteiger partial charge is 0.339 e. The minimum atomic E-state index is -0.745. The standard InChI is InChI=1S/C21H16ClN3O8S/c1-32-16-6-4-13(25(30)31)7-11(16)8-17-19(27)24(21(29)34-17)10-18(26)23-12-3-5-15(22)14(9-12)20(28)33-2/h3-9H,10H2,1-2H3,(H,23,26)/b17-8+. The molecule has 0 saturated carbocycles. The number of hydrogen-bond acceptors (Lipinski definition) is 9. The van der Waals surface area contributed by atoms with Crippen molar-refractivity contribution in [3.63, 3.8) is 0 Å². The molecule has 0 spiro atoms. The number of nitro groups is 1. The van der Waals surface area contributed by atoms with Gasteiger partial charge in [-0.05, 0) is 42.1 Å². The summed E-state index contributed by atoms with van der Waals surface area (Å²) in [5.41, 5.74) is 0.240. The molecular weight excluding hydrogens is 490 g/mol. The highest BCUT2D eigenvalue weighted by Gasteiger charge is 2.36. The normalized spacial score (nSPS) is 14.3. The lowest BCUT2D eigenvalue weighted by Gasteiger charge is -2.13. The van der Waals surface area contributed by atoms with Gasteiger partial charge in [-0.2, -0.15) is 0 Å². The zero-order valence-electron chi connectivity index (χ0n) is 17.7. The number of carbonyl (C=O) groups is 4. The van der Waals surface area contributed by atoms with E-state index in [1.165, 1.54) is 56.7 Å². The molecule has 176 valence electrons. The first-order valence-corrected chi connectivity index (χ1v) is 10.6. The van der Waals surface area contributed by atoms with Crippen LogP contribution in [0, 0.1) is 10.1 Å². The monoisotopic (exact) mass is 505 g/mol. The molecule has 3 rings (SSSR count). The number of halogens is 1. The Balaban J connectivity index is 1.77. The van der Waals surface area contributed by atoms with Gasteiger partial charge >= 0.3 is 5.97 Å². The molecule has 0 atom stereocenters. The van der Waals surface area contributed by atoms with Crippen molar-refractivity contribution in [3.05, 3.63) is 67.6 Å². The average molecular weight is 506 g/mol. The number of ether oxygens (including phenoxy) is 2. The molecule has 0 unspecified atom stereocenters. The van der Waals surface area contributed by atoms with E-state index in [1.807, 2.05) is 0 Å². The fourth-order valence-electron chi connectivity index (χ4n) is 2.94. The number of rotatable bonds is 7. The van der Waals surface area contributed by atoms with Gasteiger partial charge < -0.3 is 14.8 Å². The van der Waals surface area contributed by atoms with Gasteiger partial charge in [0.1, 0.15) is 12.3 Å². The molecule has 0 aromatic heterocycles. The Hall–Kier alpha value is -3.90. The summed E-state index contributed by atoms with van der Waals surface area (Å²) in [5, 5.41) is 13.0. The van der Waals surface area contributed by atoms with Crippen LogP contribution in [0.25, 0.3) is 6.08 Å². The van der Waals surface area contributed by atoms with Gasteiger partial charge in [0.2, 0.25) is 5.91 Å². The maximum Gasteiger partial charge on any atom is 0.339 e. The summed E-state index contributed by atoms with van der Waals surface area (Å²) >= 11 is 6.53. The molecule has 2 aromatic rings. The van der Waals surface area contributed by atoms with Crippen LogP contribution in [0.5, 0.6) is 5.75 Å². The zero-order chi connectivity index (χ0) is 25.0. The fraction of sp³-hybridized carbons (Fsp3) is 0.143. The van der Waals surface area contributed by atoms with E-state index in [9.17, 15) is 29.3 Å². The van der Waals surface area contributed by atoms with Crippen molar-refractivity contribution in [1.29, 1.82) is 0 Å². The van der Waals surface area contributed by atoms with Crippen molar-refractivity contribution in [1.82, 2.24) is 4.90 Å². The number of esters is 1. The van der Waals surface area contributed by atoms with Crippen molar-refractivity contribution >= 4 is 63.8 Å². The van der Waals surface area contributed by atoms with E-state index < -0.39 is 34.5 Å². The summed E-state index contributed by atoms with van der Waals surface area (Å²) in [4.78, 5) is 60.5. The van der Waals surface area contributed by atoms with Crippen molar-refractivity contribution in [3.8, 4) is 5.75 Å². The van der Waals surface area contributed by atoms with Crippen LogP contribution in [0.2, 0.25) is 5.02 Å². The third kappa shape index (κ3) is 5.35. The zero-order valence-corrected chi connectivity index (χ0v) is 19.3. The Bertz CT molecular complexity index is 1250. The van der Waals surface area contributed by atoms with Crippen LogP contribution in [0.1, 0.15) is 15.9 Å². The molecule has 1 N–H and O–H groups in total. The van der Waals surface area contributed by atoms with Gasteiger partial charge in [0.15, 0.2) is 0 Å². The van der Waals surface area contributed by atoms with Crippen LogP contribution >= 0.6 is 23.4 Å². The van der Waals surface area contributed by atoms with Gasteiger partial charge in [0.05, 0.1) is 34.6 Å². The molecule has 0 aliphatic carbocycles. The fourth-order valence-corrected chi connectivity index (χ4v) is 3.96. The number of nitrogens with zero attached hydrogens (tertiary/aromatic N) is 2. The molecule has 11 nitrogen and oxygen atoms in total. The number of benzene rings is 2. The summed E-state index contributed by atoms with van der Waals surface area (Å²) in [7, 11) is 2.54. The summed E-state index contributed by atoms with van der Waals surface area (Å²) in [5.74, 6) is -1.88. The number of imide groups is 1. The maximum absolute atomic E-state index is 12.7. The Morgan fingerprint density at radius 1 is 1.21 bits per heavy atom. The van der Waals surface area contributed by atoms with E-state index in [0.29, 0.717) is 11.8 Å². The highest BCUT2D eigenvalue weighted by molar-refractivity contribution is 8.18. The number of thioether (sulfide) groups is 1. The summed E-state index contributed by atoms with van der Waals surface area (Å²) in [6.45, 7) is -0.593. The predicted octanol–water partition coefficient (Wildman–Crippen LogP) is 3.72. The first kappa shape index (κ1) is 24.7. The number of methoxy groups -OCH3 is 2. The first-order valence-electron chi connectivity index (χ1n) is 9.40. The summed E-state index contributed by atoms with van der Waals surface area (Å²) < 4.78 is 9.78. The topological polar surface area (TPSA) is 145 Å². The third-order valence-electron chi connectivity index (χ3n) is 4.54. The first-order chi connectivity index (χ1) is 16.1. The van der Waals surface area contributed by atoms with Crippen LogP contribution < -0.4 is 10.1 Å². The second-order valence-electron chi connectivity index (χ2n) is 6.69. The number of non-ortho nitro benzene ring substituents is 1. The minimum Gasteiger partial charge on any atom is -0.496 e. The van der Waals surface area contributed by atoms with E-state index >= 15 is 0 Å². The van der Waals surface area contributed by atoms with Crippen molar-refractivity contribution in [2.45, 2.75) is 0 Å². The van der Waals surface area contributed by atoms with Crippen molar-refractivity contribution < 1.29 is 33.6 Å². The lowest BCUT2D eigenvalue weighted by molar-refractivity contribution is -0.384. The van der Waals surface area contributed by atoms with Crippen LogP contribution in [-0.2, 0) is 14.3 Å². The molecular formula is C21H16ClN3O8S. The highest BCUT2D eigenvalue weighted by Crippen LogP contribution is 2.35. The molecule has 1 fully saturated rings. The molecule has 1 heterocycles. The molecule has 0 radical (unpaired) electrons. The number of nitrogens with one attached hydrogen (secondary N) is 1. The number of nitro benzene ring substituents is 1. The van der Waals surface area contributed by atoms with Crippen molar-refractivity contribution in [2.24, 2.45) is 0 Å². The predicted molar refractivity (Wildman–Crippen MR) is 124 cm³/mol. The highest BCUT2D eigenvalue weighted by atomic mass is 35.5. The van der Waals surface area contributed by atoms with Gasteiger partial charge in [-0.1, -0.05) is 11.6 Å². The van der Waals surface area contributed by atoms with E-state index in [-0.39, 0.29) is 38.2 Å². The molecule has 3 amide bonds. The molecule has 1 aliphatic heterocycles. The SMILES string of the molecule is COC(=O)c1cc(NC(=O)CN2C(=O)S/C(=C/c3cc([N+](=O)[O-])ccc3OC)C2=O)ccc1Cl. The minimum absolute atomic E-state index is 0.0296. The van der Waals surface area contributed by atoms with E-state index in [0.717, 1.165) is 4.90 Å². The maximum atomic E-state index is 12.7.